The van der Waals surface area contributed by atoms with Crippen LogP contribution in [0.2, 0.25) is 0 Å². The Morgan fingerprint density at radius 3 is 1.20 bits per heavy atom. The molecule has 0 nitrogen and oxygen atoms in total. The largest absolute Gasteiger partial charge is 0.206 e. The van der Waals surface area contributed by atoms with Gasteiger partial charge in [0.15, 0.2) is 0 Å². The average Bonchev–Trinajstić information content (AvgIpc) is 3.70. The van der Waals surface area contributed by atoms with Crippen LogP contribution in [-0.4, -0.2) is 0 Å². The summed E-state index contributed by atoms with van der Waals surface area (Å²) in [5, 5.41) is 18.1. The fourth-order valence-electron chi connectivity index (χ4n) is 7.79. The van der Waals surface area contributed by atoms with E-state index in [1.54, 1.807) is 46.9 Å². The number of fused-ring (bicyclic) bond motifs is 8. The summed E-state index contributed by atoms with van der Waals surface area (Å²) in [6, 6.07) is 28.6. The Kier molecular flexibility index (Phi) is 3.33. The van der Waals surface area contributed by atoms with Crippen molar-refractivity contribution in [3.63, 3.8) is 0 Å². The summed E-state index contributed by atoms with van der Waals surface area (Å²) < 4.78 is 34.6. The molecule has 0 N–H and O–H groups in total. The lowest BCUT2D eigenvalue weighted by atomic mass is 9.88. The van der Waals surface area contributed by atoms with Crippen molar-refractivity contribution in [1.29, 1.82) is 0 Å². The third-order valence-corrected chi connectivity index (χ3v) is 11.6. The maximum absolute atomic E-state index is 15.1. The van der Waals surface area contributed by atoms with Crippen LogP contribution in [0.3, 0.4) is 0 Å². The van der Waals surface area contributed by atoms with E-state index in [1.165, 1.54) is 53.5 Å². The summed E-state index contributed by atoms with van der Waals surface area (Å²) in [5.41, 5.74) is 0. The monoisotopic (exact) mass is 548 g/mol. The van der Waals surface area contributed by atoms with E-state index in [0.717, 1.165) is 50.1 Å². The van der Waals surface area contributed by atoms with E-state index >= 15 is 8.78 Å². The van der Waals surface area contributed by atoms with Crippen molar-refractivity contribution < 1.29 is 8.78 Å². The highest BCUT2D eigenvalue weighted by atomic mass is 32.1. The molecule has 2 aliphatic rings. The first-order chi connectivity index (χ1) is 19.7. The molecule has 0 atom stereocenters. The smallest absolute Gasteiger partial charge is 0.132 e. The number of hydrogen-bond donors (Lipinski definition) is 0. The Hall–Kier alpha value is -4.38. The summed E-state index contributed by atoms with van der Waals surface area (Å²) >= 11 is 3.37. The number of thiophene rings is 2. The van der Waals surface area contributed by atoms with Crippen LogP contribution < -0.4 is 0 Å². The van der Waals surface area contributed by atoms with Crippen molar-refractivity contribution in [1.82, 2.24) is 0 Å². The Balaban J connectivity index is 1.44. The van der Waals surface area contributed by atoms with Crippen LogP contribution >= 0.6 is 22.7 Å². The van der Waals surface area contributed by atoms with Gasteiger partial charge >= 0.3 is 0 Å². The lowest BCUT2D eigenvalue weighted by molar-refractivity contribution is 0.639. The second-order valence-corrected chi connectivity index (χ2v) is 13.1. The normalized spacial score (nSPS) is 13.2. The lowest BCUT2D eigenvalue weighted by Crippen LogP contribution is -1.89. The fourth-order valence-corrected chi connectivity index (χ4v) is 10.3. The van der Waals surface area contributed by atoms with Gasteiger partial charge in [-0.1, -0.05) is 60.7 Å². The van der Waals surface area contributed by atoms with Crippen LogP contribution in [-0.2, 0) is 0 Å². The molecule has 184 valence electrons. The molecule has 0 fully saturated rings. The van der Waals surface area contributed by atoms with Crippen molar-refractivity contribution >= 4 is 85.9 Å². The predicted molar refractivity (Wildman–Crippen MR) is 162 cm³/mol. The number of benzene rings is 7. The summed E-state index contributed by atoms with van der Waals surface area (Å²) in [6.07, 6.45) is 0. The number of rotatable bonds is 0. The summed E-state index contributed by atoms with van der Waals surface area (Å²) in [6.45, 7) is 0. The van der Waals surface area contributed by atoms with Crippen LogP contribution in [0.15, 0.2) is 84.9 Å². The van der Waals surface area contributed by atoms with E-state index in [4.69, 9.17) is 0 Å². The average molecular weight is 549 g/mol. The second-order valence-electron chi connectivity index (χ2n) is 11.0. The molecule has 7 aromatic carbocycles. The van der Waals surface area contributed by atoms with E-state index in [0.29, 0.717) is 0 Å². The summed E-state index contributed by atoms with van der Waals surface area (Å²) in [5.74, 6) is -0.310. The van der Waals surface area contributed by atoms with Gasteiger partial charge in [-0.2, -0.15) is 0 Å². The molecule has 4 heteroatoms. The van der Waals surface area contributed by atoms with Crippen LogP contribution in [0.1, 0.15) is 0 Å². The molecule has 0 aliphatic heterocycles. The fraction of sp³-hybridized carbons (Fsp3) is 0. The molecule has 0 amide bonds. The van der Waals surface area contributed by atoms with Gasteiger partial charge in [-0.3, -0.25) is 0 Å². The lowest BCUT2D eigenvalue weighted by Gasteiger charge is -2.14. The predicted octanol–water partition coefficient (Wildman–Crippen LogP) is 10.2. The molecular weight excluding hydrogens is 535 g/mol. The molecule has 0 spiro atoms. The SMILES string of the molecule is Fc1cccc2sc3c(c12)=c1ccc2c4ccc5c6c(ccc(c7ccc=3c1c72)c64)=c1sc2cccc(F)c2c1=5. The molecular formula is C36H14F2S2. The molecule has 0 saturated heterocycles. The van der Waals surface area contributed by atoms with Crippen LogP contribution in [0, 0.1) is 52.0 Å². The quantitative estimate of drug-likeness (QED) is 0.131. The molecule has 40 heavy (non-hydrogen) atoms. The number of halogens is 2. The van der Waals surface area contributed by atoms with E-state index in [1.807, 2.05) is 12.1 Å². The molecule has 2 aromatic heterocycles. The molecule has 2 aliphatic carbocycles. The highest BCUT2D eigenvalue weighted by Crippen LogP contribution is 2.45. The van der Waals surface area contributed by atoms with Crippen LogP contribution in [0.4, 0.5) is 8.78 Å². The van der Waals surface area contributed by atoms with E-state index in [9.17, 15) is 0 Å². The maximum atomic E-state index is 15.1. The Labute approximate surface area is 230 Å². The maximum Gasteiger partial charge on any atom is 0.132 e. The van der Waals surface area contributed by atoms with Gasteiger partial charge in [-0.05, 0) is 77.8 Å². The van der Waals surface area contributed by atoms with Crippen LogP contribution in [0.25, 0.3) is 63.3 Å². The minimum absolute atomic E-state index is 0.155. The van der Waals surface area contributed by atoms with Gasteiger partial charge in [0.1, 0.15) is 11.6 Å². The molecule has 0 bridgehead atoms. The summed E-state index contributed by atoms with van der Waals surface area (Å²) in [4.78, 5) is 0. The molecule has 0 unspecified atom stereocenters. The van der Waals surface area contributed by atoms with Gasteiger partial charge in [0.05, 0.1) is 0 Å². The van der Waals surface area contributed by atoms with Crippen molar-refractivity contribution in [3.8, 4) is 0 Å². The second kappa shape index (κ2) is 6.49. The van der Waals surface area contributed by atoms with Crippen molar-refractivity contribution in [2.24, 2.45) is 0 Å². The van der Waals surface area contributed by atoms with Crippen molar-refractivity contribution in [2.45, 2.75) is 0 Å². The minimum Gasteiger partial charge on any atom is -0.206 e. The van der Waals surface area contributed by atoms with Crippen molar-refractivity contribution in [3.05, 3.63) is 137 Å². The van der Waals surface area contributed by atoms with Gasteiger partial charge in [0.2, 0.25) is 0 Å². The van der Waals surface area contributed by atoms with Crippen molar-refractivity contribution in [2.75, 3.05) is 0 Å². The van der Waals surface area contributed by atoms with Crippen LogP contribution in [0.5, 0.6) is 0 Å². The van der Waals surface area contributed by atoms with E-state index < -0.39 is 0 Å². The van der Waals surface area contributed by atoms with E-state index in [2.05, 4.69) is 48.5 Å². The first-order valence-electron chi connectivity index (χ1n) is 13.3. The Morgan fingerprint density at radius 1 is 0.375 bits per heavy atom. The molecule has 0 saturated carbocycles. The molecule has 9 aromatic rings. The minimum atomic E-state index is -0.155. The topological polar surface area (TPSA) is 0 Å². The highest BCUT2D eigenvalue weighted by Gasteiger charge is 2.22. The zero-order valence-electron chi connectivity index (χ0n) is 20.7. The molecule has 0 radical (unpaired) electrons. The number of hydrogen-bond acceptors (Lipinski definition) is 2. The summed E-state index contributed by atoms with van der Waals surface area (Å²) in [7, 11) is 0. The highest BCUT2D eigenvalue weighted by molar-refractivity contribution is 7.17. The molecule has 2 heterocycles. The van der Waals surface area contributed by atoms with Gasteiger partial charge in [0, 0.05) is 50.1 Å². The molecule has 11 rings (SSSR count). The first-order valence-corrected chi connectivity index (χ1v) is 15.0. The first kappa shape index (κ1) is 20.5. The Morgan fingerprint density at radius 2 is 0.775 bits per heavy atom. The zero-order valence-corrected chi connectivity index (χ0v) is 22.3. The van der Waals surface area contributed by atoms with Gasteiger partial charge in [0.25, 0.3) is 0 Å². The van der Waals surface area contributed by atoms with Gasteiger partial charge in [-0.25, -0.2) is 8.78 Å². The Bertz CT molecular complexity index is 2880. The standard InChI is InChI=1S/C36H14F2S2/c37-23-3-1-5-25-33(23)31-19-11-7-15-16-8-12-20-30-22(36-32(20)34-24(38)4-2-6-26(34)40-36)14-10-18(28(16)30)17-9-13-21(35(31)39-25)29(19)27(15)17/h1-14H. The zero-order chi connectivity index (χ0) is 26.0. The van der Waals surface area contributed by atoms with Gasteiger partial charge in [-0.15, -0.1) is 22.7 Å². The van der Waals surface area contributed by atoms with Gasteiger partial charge < -0.3 is 0 Å². The van der Waals surface area contributed by atoms with E-state index in [-0.39, 0.29) is 11.6 Å². The third kappa shape index (κ3) is 2.07. The third-order valence-electron chi connectivity index (χ3n) is 9.26.